The number of benzene rings is 3. The SMILES string of the molecule is Nc1cccn2c1c(-c1ccc3ccc(-c4ccccc4)nc3c1)nc2[C@H]1CC[C@H](CN2C(=O)c3ccccc3C2=O)CC1. The molecule has 2 N–H and O–H groups in total. The third-order valence-corrected chi connectivity index (χ3v) is 9.29. The molecule has 0 saturated heterocycles. The highest BCUT2D eigenvalue weighted by atomic mass is 16.2. The van der Waals surface area contributed by atoms with Crippen LogP contribution in [-0.4, -0.2) is 37.6 Å². The van der Waals surface area contributed by atoms with Crippen LogP contribution in [0.2, 0.25) is 0 Å². The third kappa shape index (κ3) is 4.35. The maximum Gasteiger partial charge on any atom is 0.261 e. The van der Waals surface area contributed by atoms with E-state index in [0.29, 0.717) is 23.4 Å². The molecular formula is C37H31N5O2. The molecule has 2 amide bonds. The third-order valence-electron chi connectivity index (χ3n) is 9.29. The summed E-state index contributed by atoms with van der Waals surface area (Å²) in [7, 11) is 0. The normalized spacial score (nSPS) is 18.3. The van der Waals surface area contributed by atoms with Crippen molar-refractivity contribution >= 4 is 33.9 Å². The fraction of sp³-hybridized carbons (Fsp3) is 0.189. The van der Waals surface area contributed by atoms with Gasteiger partial charge in [0.25, 0.3) is 11.8 Å². The molecule has 3 aromatic heterocycles. The molecule has 216 valence electrons. The maximum atomic E-state index is 12.9. The fourth-order valence-corrected chi connectivity index (χ4v) is 6.98. The predicted molar refractivity (Wildman–Crippen MR) is 172 cm³/mol. The Balaban J connectivity index is 1.07. The largest absolute Gasteiger partial charge is 0.397 e. The lowest BCUT2D eigenvalue weighted by atomic mass is 9.81. The first-order chi connectivity index (χ1) is 21.5. The van der Waals surface area contributed by atoms with E-state index in [4.69, 9.17) is 15.7 Å². The Labute approximate surface area is 255 Å². The number of rotatable bonds is 5. The van der Waals surface area contributed by atoms with Crippen LogP contribution in [0.4, 0.5) is 5.69 Å². The second kappa shape index (κ2) is 10.5. The Hall–Kier alpha value is -5.30. The van der Waals surface area contributed by atoms with Crippen molar-refractivity contribution in [3.05, 3.63) is 120 Å². The molecule has 4 heterocycles. The summed E-state index contributed by atoms with van der Waals surface area (Å²) in [4.78, 5) is 37.5. The van der Waals surface area contributed by atoms with E-state index in [1.165, 1.54) is 4.90 Å². The molecule has 0 radical (unpaired) electrons. The van der Waals surface area contributed by atoms with Gasteiger partial charge in [0.1, 0.15) is 5.82 Å². The lowest BCUT2D eigenvalue weighted by Crippen LogP contribution is -2.35. The van der Waals surface area contributed by atoms with E-state index in [1.54, 1.807) is 12.1 Å². The highest BCUT2D eigenvalue weighted by Gasteiger charge is 2.37. The average Bonchev–Trinajstić information content (AvgIpc) is 3.58. The number of amides is 2. The van der Waals surface area contributed by atoms with Gasteiger partial charge in [-0.25, -0.2) is 9.97 Å². The number of carbonyl (C=O) groups is 2. The first-order valence-corrected chi connectivity index (χ1v) is 15.2. The van der Waals surface area contributed by atoms with Crippen LogP contribution >= 0.6 is 0 Å². The van der Waals surface area contributed by atoms with Gasteiger partial charge in [0.2, 0.25) is 0 Å². The Bertz CT molecular complexity index is 2040. The molecule has 3 aromatic carbocycles. The molecule has 0 bridgehead atoms. The molecule has 1 saturated carbocycles. The second-order valence-corrected chi connectivity index (χ2v) is 12.0. The number of nitrogens with two attached hydrogens (primary N) is 1. The monoisotopic (exact) mass is 577 g/mol. The number of nitrogen functional groups attached to an aromatic ring is 1. The standard InChI is InChI=1S/C37H31N5O2/c38-30-11-6-20-41-34(30)33(27-17-16-25-18-19-31(39-32(25)21-27)24-7-2-1-3-8-24)40-35(41)26-14-12-23(13-15-26)22-42-36(43)28-9-4-5-10-29(28)37(42)44/h1-11,16-21,23,26H,12-15,22,38H2/t23-,26-. The zero-order chi connectivity index (χ0) is 29.8. The molecular weight excluding hydrogens is 546 g/mol. The van der Waals surface area contributed by atoms with E-state index in [1.807, 2.05) is 42.5 Å². The topological polar surface area (TPSA) is 93.6 Å². The van der Waals surface area contributed by atoms with Crippen LogP contribution in [0, 0.1) is 5.92 Å². The number of carbonyl (C=O) groups excluding carboxylic acids is 2. The summed E-state index contributed by atoms with van der Waals surface area (Å²) < 4.78 is 2.15. The Morgan fingerprint density at radius 1 is 0.727 bits per heavy atom. The van der Waals surface area contributed by atoms with Gasteiger partial charge in [-0.1, -0.05) is 60.7 Å². The van der Waals surface area contributed by atoms with Crippen molar-refractivity contribution in [1.82, 2.24) is 19.3 Å². The van der Waals surface area contributed by atoms with Crippen LogP contribution in [0.5, 0.6) is 0 Å². The Kier molecular flexibility index (Phi) is 6.26. The lowest BCUT2D eigenvalue weighted by Gasteiger charge is -2.30. The molecule has 7 heteroatoms. The van der Waals surface area contributed by atoms with E-state index in [9.17, 15) is 9.59 Å². The minimum atomic E-state index is -0.173. The lowest BCUT2D eigenvalue weighted by molar-refractivity contribution is 0.0614. The number of nitrogens with zero attached hydrogens (tertiary/aromatic N) is 4. The van der Waals surface area contributed by atoms with Crippen LogP contribution in [0.25, 0.3) is 38.9 Å². The van der Waals surface area contributed by atoms with Gasteiger partial charge in [-0.15, -0.1) is 0 Å². The summed E-state index contributed by atoms with van der Waals surface area (Å²) in [5.41, 5.74) is 14.0. The molecule has 7 nitrogen and oxygen atoms in total. The molecule has 0 unspecified atom stereocenters. The van der Waals surface area contributed by atoms with Gasteiger partial charge in [0, 0.05) is 35.2 Å². The van der Waals surface area contributed by atoms with Crippen LogP contribution in [0.3, 0.4) is 0 Å². The van der Waals surface area contributed by atoms with E-state index in [2.05, 4.69) is 53.1 Å². The van der Waals surface area contributed by atoms with Crippen LogP contribution in [0.1, 0.15) is 58.1 Å². The van der Waals surface area contributed by atoms with Crippen molar-refractivity contribution in [2.75, 3.05) is 12.3 Å². The number of pyridine rings is 2. The summed E-state index contributed by atoms with van der Waals surface area (Å²) in [6.07, 6.45) is 5.76. The first kappa shape index (κ1) is 26.3. The predicted octanol–water partition coefficient (Wildman–Crippen LogP) is 7.37. The van der Waals surface area contributed by atoms with Gasteiger partial charge in [0.05, 0.1) is 39.2 Å². The van der Waals surface area contributed by atoms with Crippen LogP contribution < -0.4 is 5.73 Å². The van der Waals surface area contributed by atoms with Gasteiger partial charge in [-0.2, -0.15) is 0 Å². The summed E-state index contributed by atoms with van der Waals surface area (Å²) >= 11 is 0. The number of imidazole rings is 1. The van der Waals surface area contributed by atoms with Crippen molar-refractivity contribution in [3.63, 3.8) is 0 Å². The van der Waals surface area contributed by atoms with Gasteiger partial charge >= 0.3 is 0 Å². The van der Waals surface area contributed by atoms with Crippen molar-refractivity contribution in [3.8, 4) is 22.5 Å². The molecule has 1 aliphatic heterocycles. The zero-order valence-corrected chi connectivity index (χ0v) is 24.2. The smallest absolute Gasteiger partial charge is 0.261 e. The van der Waals surface area contributed by atoms with Crippen molar-refractivity contribution in [2.24, 2.45) is 5.92 Å². The quantitative estimate of drug-likeness (QED) is 0.216. The highest BCUT2D eigenvalue weighted by molar-refractivity contribution is 6.21. The van der Waals surface area contributed by atoms with Gasteiger partial charge in [-0.05, 0) is 68.0 Å². The molecule has 8 rings (SSSR count). The summed E-state index contributed by atoms with van der Waals surface area (Å²) in [5.74, 6) is 1.18. The Morgan fingerprint density at radius 3 is 2.18 bits per heavy atom. The van der Waals surface area contributed by atoms with E-state index in [0.717, 1.165) is 70.4 Å². The van der Waals surface area contributed by atoms with Crippen molar-refractivity contribution in [2.45, 2.75) is 31.6 Å². The van der Waals surface area contributed by atoms with Crippen LogP contribution in [0.15, 0.2) is 103 Å². The molecule has 44 heavy (non-hydrogen) atoms. The summed E-state index contributed by atoms with van der Waals surface area (Å²) in [5, 5.41) is 1.07. The summed E-state index contributed by atoms with van der Waals surface area (Å²) in [6.45, 7) is 0.467. The van der Waals surface area contributed by atoms with Gasteiger partial charge in [-0.3, -0.25) is 14.5 Å². The zero-order valence-electron chi connectivity index (χ0n) is 24.2. The number of aromatic nitrogens is 3. The number of imide groups is 1. The summed E-state index contributed by atoms with van der Waals surface area (Å²) in [6, 6.07) is 31.7. The molecule has 1 fully saturated rings. The number of fused-ring (bicyclic) bond motifs is 3. The van der Waals surface area contributed by atoms with Crippen molar-refractivity contribution < 1.29 is 9.59 Å². The van der Waals surface area contributed by atoms with Crippen molar-refractivity contribution in [1.29, 1.82) is 0 Å². The van der Waals surface area contributed by atoms with Gasteiger partial charge in [0.15, 0.2) is 0 Å². The number of hydrogen-bond acceptors (Lipinski definition) is 5. The Morgan fingerprint density at radius 2 is 1.43 bits per heavy atom. The maximum absolute atomic E-state index is 12.9. The average molecular weight is 578 g/mol. The molecule has 6 aromatic rings. The van der Waals surface area contributed by atoms with Gasteiger partial charge < -0.3 is 10.1 Å². The van der Waals surface area contributed by atoms with E-state index >= 15 is 0 Å². The molecule has 0 spiro atoms. The number of hydrogen-bond donors (Lipinski definition) is 1. The first-order valence-electron chi connectivity index (χ1n) is 15.2. The van der Waals surface area contributed by atoms with Crippen LogP contribution in [-0.2, 0) is 0 Å². The minimum Gasteiger partial charge on any atom is -0.397 e. The second-order valence-electron chi connectivity index (χ2n) is 12.0. The van der Waals surface area contributed by atoms with E-state index < -0.39 is 0 Å². The minimum absolute atomic E-state index is 0.173. The van der Waals surface area contributed by atoms with E-state index in [-0.39, 0.29) is 23.7 Å². The molecule has 2 aliphatic rings. The number of anilines is 1. The highest BCUT2D eigenvalue weighted by Crippen LogP contribution is 2.40. The molecule has 1 aliphatic carbocycles. The molecule has 0 atom stereocenters. The fourth-order valence-electron chi connectivity index (χ4n) is 6.98.